The van der Waals surface area contributed by atoms with Gasteiger partial charge in [-0.05, 0) is 32.6 Å². The minimum Gasteiger partial charge on any atom is -0.393 e. The monoisotopic (exact) mass is 296 g/mol. The predicted octanol–water partition coefficient (Wildman–Crippen LogP) is 0.576. The van der Waals surface area contributed by atoms with Crippen molar-refractivity contribution < 1.29 is 10.0 Å². The van der Waals surface area contributed by atoms with Gasteiger partial charge in [-0.2, -0.15) is 4.98 Å². The number of nitrogens with two attached hydrogens (primary N) is 1. The first-order chi connectivity index (χ1) is 9.93. The Kier molecular flexibility index (Phi) is 4.53. The van der Waals surface area contributed by atoms with Gasteiger partial charge in [0.15, 0.2) is 0 Å². The van der Waals surface area contributed by atoms with Crippen LogP contribution < -0.4 is 16.2 Å². The van der Waals surface area contributed by atoms with Crippen LogP contribution in [0.25, 0.3) is 0 Å². The number of nitro groups is 1. The molecule has 2 heterocycles. The lowest BCUT2D eigenvalue weighted by Crippen LogP contribution is -2.38. The van der Waals surface area contributed by atoms with Gasteiger partial charge in [-0.15, -0.1) is 0 Å². The van der Waals surface area contributed by atoms with E-state index in [0.717, 1.165) is 12.8 Å². The van der Waals surface area contributed by atoms with Crippen LogP contribution in [0.3, 0.4) is 0 Å². The number of anilines is 2. The lowest BCUT2D eigenvalue weighted by molar-refractivity contribution is -0.385. The van der Waals surface area contributed by atoms with E-state index in [2.05, 4.69) is 15.4 Å². The molecule has 1 unspecified atom stereocenters. The minimum absolute atomic E-state index is 0.0931. The van der Waals surface area contributed by atoms with Gasteiger partial charge < -0.3 is 10.0 Å². The zero-order valence-electron chi connectivity index (χ0n) is 12.1. The molecule has 4 N–H and O–H groups in total. The number of aliphatic hydroxyl groups excluding tert-OH is 1. The minimum atomic E-state index is -0.467. The summed E-state index contributed by atoms with van der Waals surface area (Å²) in [5, 5.41) is 20.9. The third-order valence-corrected chi connectivity index (χ3v) is 3.87. The van der Waals surface area contributed by atoms with Crippen molar-refractivity contribution in [3.8, 4) is 0 Å². The van der Waals surface area contributed by atoms with Crippen molar-refractivity contribution >= 4 is 17.5 Å². The number of nitrogens with one attached hydrogen (secondary N) is 1. The summed E-state index contributed by atoms with van der Waals surface area (Å²) in [6.45, 7) is 4.55. The number of nitrogen functional groups attached to an aromatic ring is 1. The highest BCUT2D eigenvalue weighted by atomic mass is 16.6. The van der Waals surface area contributed by atoms with Crippen molar-refractivity contribution in [1.29, 1.82) is 0 Å². The molecule has 21 heavy (non-hydrogen) atoms. The second-order valence-electron chi connectivity index (χ2n) is 5.27. The van der Waals surface area contributed by atoms with E-state index in [1.54, 1.807) is 13.8 Å². The largest absolute Gasteiger partial charge is 0.393 e. The van der Waals surface area contributed by atoms with Gasteiger partial charge in [0.25, 0.3) is 0 Å². The summed E-state index contributed by atoms with van der Waals surface area (Å²) in [4.78, 5) is 20.7. The molecule has 1 aromatic rings. The third-order valence-electron chi connectivity index (χ3n) is 3.87. The number of hydrogen-bond acceptors (Lipinski definition) is 8. The molecular formula is C12H20N6O3. The first-order valence-electron chi connectivity index (χ1n) is 6.86. The Bertz CT molecular complexity index is 528. The van der Waals surface area contributed by atoms with Gasteiger partial charge in [-0.25, -0.2) is 10.8 Å². The molecule has 0 aliphatic carbocycles. The molecule has 1 aromatic heterocycles. The summed E-state index contributed by atoms with van der Waals surface area (Å²) < 4.78 is 0. The fraction of sp³-hybridized carbons (Fsp3) is 0.667. The maximum Gasteiger partial charge on any atom is 0.332 e. The molecule has 1 atom stereocenters. The topological polar surface area (TPSA) is 130 Å². The maximum atomic E-state index is 11.3. The predicted molar refractivity (Wildman–Crippen MR) is 77.9 cm³/mol. The van der Waals surface area contributed by atoms with E-state index >= 15 is 0 Å². The lowest BCUT2D eigenvalue weighted by Gasteiger charge is -2.33. The van der Waals surface area contributed by atoms with Crippen LogP contribution in [0.2, 0.25) is 0 Å². The molecule has 0 amide bonds. The highest BCUT2D eigenvalue weighted by molar-refractivity contribution is 5.62. The van der Waals surface area contributed by atoms with Gasteiger partial charge >= 0.3 is 5.69 Å². The highest BCUT2D eigenvalue weighted by Gasteiger charge is 2.30. The van der Waals surface area contributed by atoms with E-state index in [4.69, 9.17) is 5.84 Å². The standard InChI is InChI=1S/C12H20N6O3/c1-7-10(18(20)21)11(15-12(14-7)16-13)17-5-3-9(4-6-17)8(2)19/h8-9,19H,3-6,13H2,1-2H3,(H,14,15,16). The van der Waals surface area contributed by atoms with Crippen LogP contribution in [0.15, 0.2) is 0 Å². The van der Waals surface area contributed by atoms with Crippen LogP contribution >= 0.6 is 0 Å². The van der Waals surface area contributed by atoms with Crippen molar-refractivity contribution in [2.24, 2.45) is 11.8 Å². The molecule has 9 nitrogen and oxygen atoms in total. The molecule has 0 aromatic carbocycles. The van der Waals surface area contributed by atoms with Crippen molar-refractivity contribution in [2.45, 2.75) is 32.8 Å². The molecule has 1 fully saturated rings. The van der Waals surface area contributed by atoms with Crippen molar-refractivity contribution in [3.63, 3.8) is 0 Å². The number of rotatable bonds is 4. The van der Waals surface area contributed by atoms with Crippen LogP contribution in [-0.2, 0) is 0 Å². The number of aliphatic hydroxyl groups is 1. The quantitative estimate of drug-likeness (QED) is 0.417. The first-order valence-corrected chi connectivity index (χ1v) is 6.86. The molecule has 1 aliphatic heterocycles. The van der Waals surface area contributed by atoms with Gasteiger partial charge in [0, 0.05) is 13.1 Å². The Balaban J connectivity index is 2.30. The number of nitrogens with zero attached hydrogens (tertiary/aromatic N) is 4. The van der Waals surface area contributed by atoms with Gasteiger partial charge in [-0.1, -0.05) is 0 Å². The second-order valence-corrected chi connectivity index (χ2v) is 5.27. The Hall–Kier alpha value is -2.00. The fourth-order valence-electron chi connectivity index (χ4n) is 2.64. The lowest BCUT2D eigenvalue weighted by atomic mass is 9.92. The van der Waals surface area contributed by atoms with Crippen LogP contribution in [0.4, 0.5) is 17.5 Å². The zero-order valence-corrected chi connectivity index (χ0v) is 12.1. The van der Waals surface area contributed by atoms with Gasteiger partial charge in [-0.3, -0.25) is 15.5 Å². The van der Waals surface area contributed by atoms with E-state index in [0.29, 0.717) is 13.1 Å². The van der Waals surface area contributed by atoms with Gasteiger partial charge in [0.1, 0.15) is 5.69 Å². The maximum absolute atomic E-state index is 11.3. The summed E-state index contributed by atoms with van der Waals surface area (Å²) in [5.74, 6) is 5.97. The smallest absolute Gasteiger partial charge is 0.332 e. The van der Waals surface area contributed by atoms with E-state index < -0.39 is 4.92 Å². The Labute approximate surface area is 122 Å². The van der Waals surface area contributed by atoms with Crippen molar-refractivity contribution in [2.75, 3.05) is 23.4 Å². The average Bonchev–Trinajstić information content (AvgIpc) is 2.45. The van der Waals surface area contributed by atoms with Crippen LogP contribution in [0.1, 0.15) is 25.5 Å². The molecule has 0 bridgehead atoms. The molecule has 0 radical (unpaired) electrons. The van der Waals surface area contributed by atoms with Crippen LogP contribution in [0, 0.1) is 23.0 Å². The molecule has 116 valence electrons. The molecule has 2 rings (SSSR count). The summed E-state index contributed by atoms with van der Waals surface area (Å²) in [5.41, 5.74) is 2.51. The Morgan fingerprint density at radius 2 is 2.10 bits per heavy atom. The molecule has 0 spiro atoms. The number of aromatic nitrogens is 2. The van der Waals surface area contributed by atoms with Crippen molar-refractivity contribution in [3.05, 3.63) is 15.8 Å². The second kappa shape index (κ2) is 6.19. The summed E-state index contributed by atoms with van der Waals surface area (Å²) in [6.07, 6.45) is 1.17. The summed E-state index contributed by atoms with van der Waals surface area (Å²) in [6, 6.07) is 0. The molecular weight excluding hydrogens is 276 g/mol. The Morgan fingerprint density at radius 1 is 1.48 bits per heavy atom. The fourth-order valence-corrected chi connectivity index (χ4v) is 2.64. The van der Waals surface area contributed by atoms with E-state index in [1.165, 1.54) is 0 Å². The van der Waals surface area contributed by atoms with Gasteiger partial charge in [0.05, 0.1) is 11.0 Å². The van der Waals surface area contributed by atoms with Gasteiger partial charge in [0.2, 0.25) is 11.8 Å². The van der Waals surface area contributed by atoms with Crippen LogP contribution in [0.5, 0.6) is 0 Å². The number of hydrogen-bond donors (Lipinski definition) is 3. The van der Waals surface area contributed by atoms with Crippen molar-refractivity contribution in [1.82, 2.24) is 9.97 Å². The zero-order chi connectivity index (χ0) is 15.6. The van der Waals surface area contributed by atoms with E-state index in [9.17, 15) is 15.2 Å². The normalized spacial score (nSPS) is 17.6. The molecule has 1 saturated heterocycles. The van der Waals surface area contributed by atoms with E-state index in [1.807, 2.05) is 4.90 Å². The summed E-state index contributed by atoms with van der Waals surface area (Å²) >= 11 is 0. The number of hydrazine groups is 1. The number of aryl methyl sites for hydroxylation is 1. The molecule has 1 aliphatic rings. The highest BCUT2D eigenvalue weighted by Crippen LogP contribution is 2.33. The first kappa shape index (κ1) is 15.4. The third kappa shape index (κ3) is 3.19. The summed E-state index contributed by atoms with van der Waals surface area (Å²) in [7, 11) is 0. The molecule has 9 heteroatoms. The Morgan fingerprint density at radius 3 is 2.57 bits per heavy atom. The van der Waals surface area contributed by atoms with Crippen LogP contribution in [-0.4, -0.2) is 39.2 Å². The molecule has 0 saturated carbocycles. The SMILES string of the molecule is Cc1nc(NN)nc(N2CCC(C(C)O)CC2)c1[N+](=O)[O-]. The number of piperidine rings is 1. The average molecular weight is 296 g/mol. The van der Waals surface area contributed by atoms with E-state index in [-0.39, 0.29) is 35.2 Å².